The Kier molecular flexibility index (Phi) is 7.32. The molecule has 6 bridgehead atoms. The number of aromatic nitrogens is 2. The van der Waals surface area contributed by atoms with E-state index in [1.807, 2.05) is 7.11 Å². The number of aromatic amines is 2. The smallest absolute Gasteiger partial charge is 0.310 e. The fourth-order valence-corrected chi connectivity index (χ4v) is 11.4. The summed E-state index contributed by atoms with van der Waals surface area (Å²) < 4.78 is 11.9. The van der Waals surface area contributed by atoms with E-state index in [1.54, 1.807) is 7.11 Å². The third kappa shape index (κ3) is 4.42. The number of hydrogen-bond donors (Lipinski definition) is 2. The predicted molar refractivity (Wildman–Crippen MR) is 191 cm³/mol. The van der Waals surface area contributed by atoms with Crippen molar-refractivity contribution in [3.63, 3.8) is 0 Å². The molecule has 0 spiro atoms. The van der Waals surface area contributed by atoms with Gasteiger partial charge < -0.3 is 19.4 Å². The summed E-state index contributed by atoms with van der Waals surface area (Å²) in [6, 6.07) is 14.1. The van der Waals surface area contributed by atoms with Gasteiger partial charge >= 0.3 is 5.97 Å². The molecular formula is C41H50N4O3. The van der Waals surface area contributed by atoms with Crippen LogP contribution in [0, 0.1) is 23.7 Å². The number of benzene rings is 2. The summed E-state index contributed by atoms with van der Waals surface area (Å²) in [5.41, 5.74) is 10.5. The average Bonchev–Trinajstić information content (AvgIpc) is 3.62. The van der Waals surface area contributed by atoms with E-state index in [0.29, 0.717) is 12.0 Å². The zero-order valence-corrected chi connectivity index (χ0v) is 29.1. The molecule has 2 aromatic heterocycles. The Labute approximate surface area is 284 Å². The number of para-hydroxylation sites is 1. The van der Waals surface area contributed by atoms with Crippen molar-refractivity contribution in [3.05, 3.63) is 76.1 Å². The van der Waals surface area contributed by atoms with E-state index in [-0.39, 0.29) is 29.8 Å². The maximum atomic E-state index is 13.7. The number of likely N-dealkylation sites (N-methyl/N-ethyl adjacent to an activating group) is 1. The molecule has 0 amide bonds. The summed E-state index contributed by atoms with van der Waals surface area (Å²) >= 11 is 0. The third-order valence-corrected chi connectivity index (χ3v) is 13.5. The lowest BCUT2D eigenvalue weighted by molar-refractivity contribution is -0.151. The number of piperidine rings is 3. The number of carbonyl (C=O) groups excluding carboxylic acids is 1. The van der Waals surface area contributed by atoms with Crippen LogP contribution < -0.4 is 4.74 Å². The van der Waals surface area contributed by atoms with E-state index in [2.05, 4.69) is 83.1 Å². The number of carbonyl (C=O) groups is 1. The zero-order valence-electron chi connectivity index (χ0n) is 29.1. The van der Waals surface area contributed by atoms with Crippen LogP contribution >= 0.6 is 0 Å². The zero-order chi connectivity index (χ0) is 32.8. The monoisotopic (exact) mass is 646 g/mol. The SMILES string of the molecule is CC=C1CN(C)[C@@H]2Cc3c([nH]c4ccccc34)[C@H](c3cc4[nH]c5c(c4cc3OC)CCN3C[C@@H]4C[C@H](CC)[C@H]3[C@H]5C4)C[C@H]1C2C(=O)OC. The van der Waals surface area contributed by atoms with Crippen LogP contribution in [0.3, 0.4) is 0 Å². The van der Waals surface area contributed by atoms with Crippen molar-refractivity contribution in [2.45, 2.75) is 76.3 Å². The van der Waals surface area contributed by atoms with Crippen molar-refractivity contribution in [3.8, 4) is 5.75 Å². The molecule has 2 N–H and O–H groups in total. The molecule has 4 aliphatic heterocycles. The van der Waals surface area contributed by atoms with Crippen LogP contribution in [-0.4, -0.2) is 78.7 Å². The van der Waals surface area contributed by atoms with Gasteiger partial charge in [-0.25, -0.2) is 0 Å². The molecule has 6 aliphatic rings. The molecule has 2 aromatic carbocycles. The van der Waals surface area contributed by atoms with Crippen LogP contribution in [0.2, 0.25) is 0 Å². The van der Waals surface area contributed by atoms with E-state index in [0.717, 1.165) is 55.5 Å². The van der Waals surface area contributed by atoms with Crippen LogP contribution in [0.15, 0.2) is 48.0 Å². The Bertz CT molecular complexity index is 1940. The van der Waals surface area contributed by atoms with E-state index >= 15 is 0 Å². The number of hydrogen-bond acceptors (Lipinski definition) is 5. The summed E-state index contributed by atoms with van der Waals surface area (Å²) in [7, 11) is 5.54. The summed E-state index contributed by atoms with van der Waals surface area (Å²) in [6.07, 6.45) is 8.91. The second-order valence-electron chi connectivity index (χ2n) is 15.6. The van der Waals surface area contributed by atoms with Crippen molar-refractivity contribution in [1.29, 1.82) is 0 Å². The Hall–Kier alpha value is -3.55. The van der Waals surface area contributed by atoms with Gasteiger partial charge in [-0.1, -0.05) is 43.2 Å². The fourth-order valence-electron chi connectivity index (χ4n) is 11.4. The molecule has 6 heterocycles. The summed E-state index contributed by atoms with van der Waals surface area (Å²) in [6.45, 7) is 7.81. The van der Waals surface area contributed by atoms with Gasteiger partial charge in [0.1, 0.15) is 5.75 Å². The Morgan fingerprint density at radius 2 is 1.83 bits per heavy atom. The first-order chi connectivity index (χ1) is 23.4. The standard InChI is InChI=1S/C41H50N4O3/c1-6-23-14-22-15-32-38-26(12-13-45(20-22)40(23)32)28-19-36(47-4)29(17-34(28)43-38)30-16-27-24(7-2)21-44(3)35(37(27)41(46)48-5)18-31-25-10-8-9-11-33(25)42-39(30)31/h7-11,17,19,22-23,27,30,32,35,37,40,42-43H,6,12-16,18,20-21H2,1-5H3/t22-,23+,27-,30+,32+,35-,37?,40+/m1/s1. The minimum Gasteiger partial charge on any atom is -0.496 e. The van der Waals surface area contributed by atoms with Crippen LogP contribution in [0.1, 0.15) is 79.4 Å². The van der Waals surface area contributed by atoms with Gasteiger partial charge in [0.05, 0.1) is 20.1 Å². The van der Waals surface area contributed by atoms with Crippen LogP contribution in [0.4, 0.5) is 0 Å². The normalized spacial score (nSPS) is 33.6. The number of fused-ring (bicyclic) bond motifs is 9. The highest BCUT2D eigenvalue weighted by Crippen LogP contribution is 2.53. The average molecular weight is 647 g/mol. The minimum atomic E-state index is -0.239. The van der Waals surface area contributed by atoms with Crippen LogP contribution in [0.25, 0.3) is 21.8 Å². The van der Waals surface area contributed by atoms with Gasteiger partial charge in [-0.05, 0) is 93.2 Å². The van der Waals surface area contributed by atoms with Gasteiger partial charge in [0, 0.05) is 82.3 Å². The van der Waals surface area contributed by atoms with Gasteiger partial charge in [-0.3, -0.25) is 14.6 Å². The molecule has 2 aliphatic carbocycles. The fraction of sp³-hybridized carbons (Fsp3) is 0.537. The first-order valence-electron chi connectivity index (χ1n) is 18.4. The lowest BCUT2D eigenvalue weighted by atomic mass is 9.65. The van der Waals surface area contributed by atoms with Gasteiger partial charge in [0.25, 0.3) is 0 Å². The maximum Gasteiger partial charge on any atom is 0.310 e. The van der Waals surface area contributed by atoms with Crippen molar-refractivity contribution >= 4 is 27.8 Å². The molecule has 1 saturated carbocycles. The Morgan fingerprint density at radius 1 is 1.00 bits per heavy atom. The van der Waals surface area contributed by atoms with Gasteiger partial charge in [-0.15, -0.1) is 0 Å². The summed E-state index contributed by atoms with van der Waals surface area (Å²) in [5, 5.41) is 2.57. The summed E-state index contributed by atoms with van der Waals surface area (Å²) in [4.78, 5) is 26.9. The number of allylic oxidation sites excluding steroid dienone is 1. The second kappa shape index (κ2) is 11.5. The molecule has 0 radical (unpaired) electrons. The van der Waals surface area contributed by atoms with E-state index in [9.17, 15) is 4.79 Å². The molecule has 10 rings (SSSR count). The largest absolute Gasteiger partial charge is 0.496 e. The van der Waals surface area contributed by atoms with Gasteiger partial charge in [-0.2, -0.15) is 0 Å². The first kappa shape index (κ1) is 30.5. The second-order valence-corrected chi connectivity index (χ2v) is 15.6. The molecule has 2 unspecified atom stereocenters. The highest BCUT2D eigenvalue weighted by Gasteiger charge is 2.50. The molecule has 4 fully saturated rings. The molecule has 4 aromatic rings. The molecule has 7 nitrogen and oxygen atoms in total. The van der Waals surface area contributed by atoms with Gasteiger partial charge in [0.15, 0.2) is 0 Å². The van der Waals surface area contributed by atoms with E-state index in [1.165, 1.54) is 75.7 Å². The van der Waals surface area contributed by atoms with Crippen molar-refractivity contribution in [1.82, 2.24) is 19.8 Å². The topological polar surface area (TPSA) is 73.6 Å². The van der Waals surface area contributed by atoms with Gasteiger partial charge in [0.2, 0.25) is 0 Å². The van der Waals surface area contributed by atoms with Crippen LogP contribution in [-0.2, 0) is 22.4 Å². The Balaban J connectivity index is 1.23. The molecule has 252 valence electrons. The number of likely N-dealkylation sites (tertiary alicyclic amines) is 1. The number of H-pyrrole nitrogens is 2. The molecule has 3 saturated heterocycles. The number of nitrogens with one attached hydrogen (secondary N) is 2. The molecular weight excluding hydrogens is 596 g/mol. The van der Waals surface area contributed by atoms with Crippen molar-refractivity contribution in [2.24, 2.45) is 23.7 Å². The predicted octanol–water partition coefficient (Wildman–Crippen LogP) is 7.16. The van der Waals surface area contributed by atoms with E-state index < -0.39 is 0 Å². The number of esters is 1. The molecule has 48 heavy (non-hydrogen) atoms. The minimum absolute atomic E-state index is 0.0250. The first-order valence-corrected chi connectivity index (χ1v) is 18.4. The lowest BCUT2D eigenvalue weighted by Crippen LogP contribution is -2.56. The molecule has 9 atom stereocenters. The molecule has 7 heteroatoms. The van der Waals surface area contributed by atoms with Crippen LogP contribution in [0.5, 0.6) is 5.75 Å². The highest BCUT2D eigenvalue weighted by molar-refractivity contribution is 5.89. The van der Waals surface area contributed by atoms with E-state index in [4.69, 9.17) is 9.47 Å². The van der Waals surface area contributed by atoms with Crippen molar-refractivity contribution in [2.75, 3.05) is 40.9 Å². The number of rotatable bonds is 4. The number of ether oxygens (including phenoxy) is 2. The summed E-state index contributed by atoms with van der Waals surface area (Å²) in [5.74, 6) is 2.89. The third-order valence-electron chi connectivity index (χ3n) is 13.5. The number of nitrogens with zero attached hydrogens (tertiary/aromatic N) is 2. The lowest BCUT2D eigenvalue weighted by Gasteiger charge is -2.53. The highest BCUT2D eigenvalue weighted by atomic mass is 16.5. The maximum absolute atomic E-state index is 13.7. The quantitative estimate of drug-likeness (QED) is 0.182. The Morgan fingerprint density at radius 3 is 2.62 bits per heavy atom. The van der Waals surface area contributed by atoms with Crippen molar-refractivity contribution < 1.29 is 14.3 Å². The number of methoxy groups -OCH3 is 2.